The highest BCUT2D eigenvalue weighted by atomic mass is 79.9. The maximum Gasteiger partial charge on any atom is 0.310 e. The minimum atomic E-state index is -0.814. The number of nitrogens with one attached hydrogen (secondary N) is 2. The summed E-state index contributed by atoms with van der Waals surface area (Å²) in [5.41, 5.74) is 3.77. The topological polar surface area (TPSA) is 132 Å². The molecule has 37 heavy (non-hydrogen) atoms. The number of aromatic amines is 2. The number of rotatable bonds is 5. The predicted octanol–water partition coefficient (Wildman–Crippen LogP) is 6.36. The van der Waals surface area contributed by atoms with E-state index >= 15 is 0 Å². The third-order valence-electron chi connectivity index (χ3n) is 4.44. The quantitative estimate of drug-likeness (QED) is 0.145. The number of aliphatic hydroxyl groups excluding tert-OH is 1. The fourth-order valence-corrected chi connectivity index (χ4v) is 3.85. The number of halogens is 3. The second-order valence-electron chi connectivity index (χ2n) is 7.35. The van der Waals surface area contributed by atoms with E-state index in [9.17, 15) is 14.4 Å². The number of benzene rings is 2. The molecule has 0 spiro atoms. The maximum absolute atomic E-state index is 11.4. The van der Waals surface area contributed by atoms with E-state index < -0.39 is 5.97 Å². The fourth-order valence-electron chi connectivity index (χ4n) is 3.12. The first-order valence-electron chi connectivity index (χ1n) is 11.2. The van der Waals surface area contributed by atoms with Gasteiger partial charge in [0.05, 0.1) is 19.4 Å². The van der Waals surface area contributed by atoms with Crippen molar-refractivity contribution in [3.8, 4) is 0 Å². The number of aliphatic carboxylic acids is 1. The third-order valence-corrected chi connectivity index (χ3v) is 5.43. The Labute approximate surface area is 236 Å². The Balaban J connectivity index is 0.000000298. The lowest BCUT2D eigenvalue weighted by atomic mass is 10.1. The molecule has 0 amide bonds. The van der Waals surface area contributed by atoms with Crippen molar-refractivity contribution in [3.05, 3.63) is 68.9 Å². The Morgan fingerprint density at radius 3 is 1.68 bits per heavy atom. The molecular weight excluding hydrogens is 632 g/mol. The average molecular weight is 661 g/mol. The molecule has 2 heterocycles. The second kappa shape index (κ2) is 17.0. The molecule has 8 nitrogen and oxygen atoms in total. The van der Waals surface area contributed by atoms with Gasteiger partial charge in [-0.3, -0.25) is 14.4 Å². The highest BCUT2D eigenvalue weighted by molar-refractivity contribution is 9.10. The summed E-state index contributed by atoms with van der Waals surface area (Å²) < 4.78 is 6.89. The summed E-state index contributed by atoms with van der Waals surface area (Å²) in [5, 5.41) is 17.9. The van der Waals surface area contributed by atoms with Crippen LogP contribution in [0.25, 0.3) is 21.8 Å². The Bertz CT molecular complexity index is 1320. The number of hydrogen-bond donors (Lipinski definition) is 4. The Kier molecular flexibility index (Phi) is 14.8. The van der Waals surface area contributed by atoms with Gasteiger partial charge in [-0.2, -0.15) is 0 Å². The molecule has 4 rings (SSSR count). The number of fused-ring (bicyclic) bond motifs is 2. The van der Waals surface area contributed by atoms with Crippen molar-refractivity contribution in [3.63, 3.8) is 0 Å². The van der Waals surface area contributed by atoms with Gasteiger partial charge in [-0.15, -0.1) is 0 Å². The molecule has 0 saturated heterocycles. The van der Waals surface area contributed by atoms with Crippen LogP contribution in [0.15, 0.2) is 57.7 Å². The highest BCUT2D eigenvalue weighted by Crippen LogP contribution is 2.24. The zero-order valence-corrected chi connectivity index (χ0v) is 24.5. The van der Waals surface area contributed by atoms with Gasteiger partial charge in [-0.25, -0.2) is 0 Å². The van der Waals surface area contributed by atoms with Crippen molar-refractivity contribution >= 4 is 82.4 Å². The van der Waals surface area contributed by atoms with Crippen LogP contribution in [0.2, 0.25) is 0 Å². The van der Waals surface area contributed by atoms with Crippen LogP contribution in [-0.2, 0) is 32.0 Å². The number of aliphatic hydroxyl groups is 1. The standard InChI is InChI=1S/C12H12BrNO2.C10H8BrNO2.C2H3ClO.C2H6O/c1-2-16-12(15)5-8-7-14-11-4-3-9(13)6-10(8)11;11-7-1-2-9-8(4-7)6(5-12-9)3-10(13)14;1-2(3)4;1-2-3/h3-4,6-7,14H,2,5H2,1H3;1-2,4-5,12H,3H2,(H,13,14);1H3;3H,2H2,1H3. The van der Waals surface area contributed by atoms with Crippen LogP contribution >= 0.6 is 43.5 Å². The summed E-state index contributed by atoms with van der Waals surface area (Å²) in [5.74, 6) is -1.01. The van der Waals surface area contributed by atoms with E-state index in [0.29, 0.717) is 13.0 Å². The van der Waals surface area contributed by atoms with Crippen LogP contribution in [0.1, 0.15) is 31.9 Å². The summed E-state index contributed by atoms with van der Waals surface area (Å²) in [7, 11) is 0. The van der Waals surface area contributed by atoms with Crippen LogP contribution in [0, 0.1) is 0 Å². The van der Waals surface area contributed by atoms with Gasteiger partial charge in [0.15, 0.2) is 0 Å². The summed E-state index contributed by atoms with van der Waals surface area (Å²) in [6, 6.07) is 11.7. The molecule has 4 N–H and O–H groups in total. The van der Waals surface area contributed by atoms with E-state index in [2.05, 4.69) is 53.4 Å². The molecule has 0 aliphatic heterocycles. The van der Waals surface area contributed by atoms with Gasteiger partial charge in [0.2, 0.25) is 5.24 Å². The molecule has 0 unspecified atom stereocenters. The van der Waals surface area contributed by atoms with Crippen molar-refractivity contribution in [1.29, 1.82) is 0 Å². The summed E-state index contributed by atoms with van der Waals surface area (Å²) in [6.45, 7) is 5.45. The number of esters is 1. The molecule has 2 aromatic heterocycles. The Morgan fingerprint density at radius 2 is 1.30 bits per heavy atom. The number of H-pyrrole nitrogens is 2. The van der Waals surface area contributed by atoms with Crippen molar-refractivity contribution in [2.45, 2.75) is 33.6 Å². The van der Waals surface area contributed by atoms with E-state index in [0.717, 1.165) is 41.9 Å². The van der Waals surface area contributed by atoms with Gasteiger partial charge >= 0.3 is 11.9 Å². The number of ether oxygens (including phenoxy) is 1. The molecule has 0 saturated carbocycles. The molecule has 0 radical (unpaired) electrons. The number of hydrogen-bond acceptors (Lipinski definition) is 5. The van der Waals surface area contributed by atoms with Crippen molar-refractivity contribution < 1.29 is 29.3 Å². The molecule has 2 aromatic carbocycles. The number of aromatic nitrogens is 2. The highest BCUT2D eigenvalue weighted by Gasteiger charge is 2.09. The van der Waals surface area contributed by atoms with Crippen molar-refractivity contribution in [2.75, 3.05) is 13.2 Å². The first-order chi connectivity index (χ1) is 17.5. The van der Waals surface area contributed by atoms with Gasteiger partial charge in [-0.1, -0.05) is 31.9 Å². The van der Waals surface area contributed by atoms with E-state index in [1.54, 1.807) is 13.1 Å². The lowest BCUT2D eigenvalue weighted by Crippen LogP contribution is -2.06. The number of carbonyl (C=O) groups is 3. The number of carboxylic acids is 1. The summed E-state index contributed by atoms with van der Waals surface area (Å²) >= 11 is 11.4. The van der Waals surface area contributed by atoms with Crippen LogP contribution in [0.3, 0.4) is 0 Å². The molecule has 0 aliphatic carbocycles. The van der Waals surface area contributed by atoms with Crippen LogP contribution in [-0.4, -0.2) is 50.6 Å². The second-order valence-corrected chi connectivity index (χ2v) is 9.71. The van der Waals surface area contributed by atoms with Gasteiger partial charge in [0.25, 0.3) is 0 Å². The zero-order valence-electron chi connectivity index (χ0n) is 20.6. The number of carbonyl (C=O) groups excluding carboxylic acids is 2. The summed E-state index contributed by atoms with van der Waals surface area (Å²) in [4.78, 5) is 37.3. The van der Waals surface area contributed by atoms with E-state index in [1.807, 2.05) is 49.5 Å². The average Bonchev–Trinajstić information content (AvgIpc) is 3.38. The molecular formula is C26H29Br2ClN2O6. The van der Waals surface area contributed by atoms with E-state index in [1.165, 1.54) is 6.92 Å². The first-order valence-corrected chi connectivity index (χ1v) is 13.1. The Morgan fingerprint density at radius 1 is 0.892 bits per heavy atom. The monoisotopic (exact) mass is 658 g/mol. The zero-order chi connectivity index (χ0) is 28.0. The maximum atomic E-state index is 11.4. The third kappa shape index (κ3) is 12.0. The lowest BCUT2D eigenvalue weighted by Gasteiger charge is -2.00. The largest absolute Gasteiger partial charge is 0.481 e. The van der Waals surface area contributed by atoms with E-state index in [-0.39, 0.29) is 24.2 Å². The van der Waals surface area contributed by atoms with Crippen LogP contribution in [0.4, 0.5) is 0 Å². The van der Waals surface area contributed by atoms with E-state index in [4.69, 9.17) is 14.9 Å². The molecule has 0 bridgehead atoms. The molecule has 4 aromatic rings. The van der Waals surface area contributed by atoms with Crippen molar-refractivity contribution in [1.82, 2.24) is 9.97 Å². The molecule has 0 atom stereocenters. The SMILES string of the molecule is CC(=O)Cl.CCO.CCOC(=O)Cc1c[nH]c2ccc(Br)cc12.O=C(O)Cc1c[nH]c2ccc(Br)cc12. The van der Waals surface area contributed by atoms with Crippen molar-refractivity contribution in [2.24, 2.45) is 0 Å². The van der Waals surface area contributed by atoms with Gasteiger partial charge in [0, 0.05) is 56.7 Å². The van der Waals surface area contributed by atoms with Gasteiger partial charge < -0.3 is 24.9 Å². The lowest BCUT2D eigenvalue weighted by molar-refractivity contribution is -0.142. The minimum absolute atomic E-state index is 0.0520. The smallest absolute Gasteiger partial charge is 0.310 e. The first kappa shape index (κ1) is 32.4. The number of carboxylic acid groups (broad SMARTS) is 1. The predicted molar refractivity (Wildman–Crippen MR) is 153 cm³/mol. The Hall–Kier alpha value is -2.66. The molecule has 0 aliphatic rings. The molecule has 200 valence electrons. The fraction of sp³-hybridized carbons (Fsp3) is 0.269. The summed E-state index contributed by atoms with van der Waals surface area (Å²) in [6.07, 6.45) is 3.96. The molecule has 11 heteroatoms. The normalized spacial score (nSPS) is 9.81. The molecule has 0 fully saturated rings. The van der Waals surface area contributed by atoms with Crippen LogP contribution < -0.4 is 0 Å². The van der Waals surface area contributed by atoms with Crippen LogP contribution in [0.5, 0.6) is 0 Å². The van der Waals surface area contributed by atoms with Gasteiger partial charge in [0.1, 0.15) is 0 Å². The van der Waals surface area contributed by atoms with Gasteiger partial charge in [-0.05, 0) is 73.0 Å². The minimum Gasteiger partial charge on any atom is -0.481 e.